The molecule has 0 atom stereocenters. The smallest absolute Gasteiger partial charge is 0.870 e. The Labute approximate surface area is 183 Å². The maximum Gasteiger partial charge on any atom is 1.00 e. The van der Waals surface area contributed by atoms with E-state index in [1.54, 1.807) is 0 Å². The Kier molecular flexibility index (Phi) is 26.3. The molecule has 3 rings (SSSR count). The number of hydrogen-bond donors (Lipinski definition) is 4. The van der Waals surface area contributed by atoms with Gasteiger partial charge in [0.15, 0.2) is 0 Å². The van der Waals surface area contributed by atoms with Crippen molar-refractivity contribution in [3.63, 3.8) is 0 Å². The van der Waals surface area contributed by atoms with Gasteiger partial charge in [0.1, 0.15) is 0 Å². The predicted octanol–water partition coefficient (Wildman–Crippen LogP) is 1.07. The van der Waals surface area contributed by atoms with Crippen LogP contribution in [-0.4, -0.2) is 50.5 Å². The monoisotopic (exact) mass is 505 g/mol. The van der Waals surface area contributed by atoms with Crippen molar-refractivity contribution in [1.82, 2.24) is 15.0 Å². The van der Waals surface area contributed by atoms with Gasteiger partial charge in [0.05, 0.1) is 0 Å². The summed E-state index contributed by atoms with van der Waals surface area (Å²) >= 11 is -2.22. The van der Waals surface area contributed by atoms with Gasteiger partial charge in [-0.05, 0) is 36.4 Å². The molecule has 0 spiro atoms. The number of H-pyrrole nitrogens is 3. The number of aromatic amines is 3. The standard InChI is InChI=1S/C9H10N2.C4H5N.CH4O.3ClH.In.Na.H2O/c1-3-8(10-5-1)7-9-4-2-6-11-9;1-2-4-5-3-1;1-2;;;;;;/h1-6,10-11H,7H2;1-5H;2H,1H3;3*1H;;;1H2/q;;;;;;+3;+1;/p-4. The van der Waals surface area contributed by atoms with E-state index in [4.69, 9.17) is 30.8 Å². The molecule has 0 saturated heterocycles. The van der Waals surface area contributed by atoms with Gasteiger partial charge in [0.2, 0.25) is 0 Å². The fraction of sp³-hybridized carbons (Fsp3) is 0.143. The number of nitrogens with one attached hydrogen (secondary N) is 3. The van der Waals surface area contributed by atoms with Crippen molar-refractivity contribution < 1.29 is 40.1 Å². The Morgan fingerprint density at radius 2 is 1.21 bits per heavy atom. The maximum atomic E-state index is 7.00. The zero-order chi connectivity index (χ0) is 16.6. The summed E-state index contributed by atoms with van der Waals surface area (Å²) in [5.41, 5.74) is 2.49. The molecule has 0 saturated carbocycles. The summed E-state index contributed by atoms with van der Waals surface area (Å²) in [6.45, 7) is 0. The average molecular weight is 507 g/mol. The number of aromatic nitrogens is 3. The molecule has 5 N–H and O–H groups in total. The van der Waals surface area contributed by atoms with E-state index < -0.39 is 17.9 Å². The number of halogens is 3. The van der Waals surface area contributed by atoms with Crippen molar-refractivity contribution in [3.8, 4) is 0 Å². The molecule has 0 aliphatic carbocycles. The second-order valence-corrected chi connectivity index (χ2v) is 18.4. The van der Waals surface area contributed by atoms with Crippen LogP contribution >= 0.6 is 25.7 Å². The molecule has 24 heavy (non-hydrogen) atoms. The summed E-state index contributed by atoms with van der Waals surface area (Å²) in [5, 5.41) is 7.00. The van der Waals surface area contributed by atoms with Crippen LogP contribution in [0.1, 0.15) is 11.4 Å². The molecule has 0 aliphatic heterocycles. The van der Waals surface area contributed by atoms with Crippen LogP contribution in [0.25, 0.3) is 0 Å². The first-order valence-electron chi connectivity index (χ1n) is 6.37. The zero-order valence-corrected chi connectivity index (χ0v) is 21.1. The Bertz CT molecular complexity index is 471. The third-order valence-corrected chi connectivity index (χ3v) is 2.20. The first-order valence-corrected chi connectivity index (χ1v) is 18.9. The minimum absolute atomic E-state index is 0. The molecule has 5 nitrogen and oxygen atoms in total. The zero-order valence-electron chi connectivity index (χ0n) is 13.6. The summed E-state index contributed by atoms with van der Waals surface area (Å²) in [6.07, 6.45) is 8.59. The SMILES string of the molecule is CO.[Cl][In]([Cl])[Cl].[Na+].[OH-].c1c[nH]c(Cc2ccc[nH]2)c1.c1cc[nH]c1. The third-order valence-electron chi connectivity index (χ3n) is 2.20. The van der Waals surface area contributed by atoms with Crippen LogP contribution in [0.5, 0.6) is 0 Å². The summed E-state index contributed by atoms with van der Waals surface area (Å²) in [4.78, 5) is 9.17. The molecule has 0 amide bonds. The average Bonchev–Trinajstić information content (AvgIpc) is 3.27. The molecular weight excluding hydrogens is 486 g/mol. The van der Waals surface area contributed by atoms with E-state index >= 15 is 0 Å². The number of aliphatic hydroxyl groups excluding tert-OH is 1. The van der Waals surface area contributed by atoms with Crippen molar-refractivity contribution in [2.75, 3.05) is 7.11 Å². The van der Waals surface area contributed by atoms with Gasteiger partial charge < -0.3 is 25.5 Å². The summed E-state index contributed by atoms with van der Waals surface area (Å²) < 4.78 is 0. The molecule has 0 radical (unpaired) electrons. The summed E-state index contributed by atoms with van der Waals surface area (Å²) in [5.74, 6) is 0. The summed E-state index contributed by atoms with van der Waals surface area (Å²) in [6, 6.07) is 12.1. The van der Waals surface area contributed by atoms with Gasteiger partial charge in [-0.1, -0.05) is 0 Å². The van der Waals surface area contributed by atoms with Gasteiger partial charge >= 0.3 is 73.2 Å². The topological polar surface area (TPSA) is 97.6 Å². The molecule has 128 valence electrons. The largest absolute Gasteiger partial charge is 1.00 e. The van der Waals surface area contributed by atoms with Gasteiger partial charge in [-0.3, -0.25) is 0 Å². The minimum atomic E-state index is -2.22. The second kappa shape index (κ2) is 21.5. The minimum Gasteiger partial charge on any atom is -0.870 e. The van der Waals surface area contributed by atoms with Crippen LogP contribution in [0.4, 0.5) is 0 Å². The fourth-order valence-electron chi connectivity index (χ4n) is 1.44. The maximum absolute atomic E-state index is 7.00. The molecule has 3 aromatic rings. The molecule has 10 heteroatoms. The van der Waals surface area contributed by atoms with E-state index in [-0.39, 0.29) is 35.0 Å². The van der Waals surface area contributed by atoms with Crippen molar-refractivity contribution >= 4 is 43.6 Å². The Morgan fingerprint density at radius 1 is 0.833 bits per heavy atom. The third kappa shape index (κ3) is 18.8. The number of hydrogen-bond acceptors (Lipinski definition) is 2. The van der Waals surface area contributed by atoms with Crippen LogP contribution in [0.2, 0.25) is 0 Å². The Morgan fingerprint density at radius 3 is 1.42 bits per heavy atom. The van der Waals surface area contributed by atoms with E-state index in [1.165, 1.54) is 11.4 Å². The van der Waals surface area contributed by atoms with Crippen LogP contribution in [-0.2, 0) is 6.42 Å². The predicted molar refractivity (Wildman–Crippen MR) is 98.6 cm³/mol. The Balaban J connectivity index is -0.000000290. The molecule has 0 unspecified atom stereocenters. The Hall–Kier alpha value is 0.500. The van der Waals surface area contributed by atoms with Crippen molar-refractivity contribution in [2.45, 2.75) is 6.42 Å². The number of rotatable bonds is 2. The quantitative estimate of drug-likeness (QED) is 0.392. The van der Waals surface area contributed by atoms with Crippen molar-refractivity contribution in [1.29, 1.82) is 0 Å². The van der Waals surface area contributed by atoms with Crippen LogP contribution in [0, 0.1) is 0 Å². The van der Waals surface area contributed by atoms with E-state index in [9.17, 15) is 0 Å². The summed E-state index contributed by atoms with van der Waals surface area (Å²) in [7, 11) is 16.0. The molecule has 0 aromatic carbocycles. The normalized spacial score (nSPS) is 7.71. The van der Waals surface area contributed by atoms with Crippen molar-refractivity contribution in [3.05, 3.63) is 72.6 Å². The van der Waals surface area contributed by atoms with E-state index in [1.807, 2.05) is 49.1 Å². The van der Waals surface area contributed by atoms with Gasteiger partial charge in [0, 0.05) is 49.7 Å². The van der Waals surface area contributed by atoms with Gasteiger partial charge in [-0.25, -0.2) is 0 Å². The fourth-order valence-corrected chi connectivity index (χ4v) is 1.44. The molecule has 3 aromatic heterocycles. The van der Waals surface area contributed by atoms with Gasteiger partial charge in [-0.2, -0.15) is 0 Å². The van der Waals surface area contributed by atoms with Crippen LogP contribution in [0.15, 0.2) is 61.2 Å². The van der Waals surface area contributed by atoms with Gasteiger partial charge in [0.25, 0.3) is 0 Å². The van der Waals surface area contributed by atoms with Crippen LogP contribution in [0.3, 0.4) is 0 Å². The second-order valence-electron chi connectivity index (χ2n) is 3.70. The molecule has 0 fully saturated rings. The molecule has 0 aliphatic rings. The number of aliphatic hydroxyl groups is 1. The molecule has 3 heterocycles. The first kappa shape index (κ1) is 29.3. The molecule has 0 bridgehead atoms. The van der Waals surface area contributed by atoms with E-state index in [0.717, 1.165) is 13.5 Å². The first-order chi connectivity index (χ1) is 10.7. The van der Waals surface area contributed by atoms with Crippen molar-refractivity contribution in [2.24, 2.45) is 0 Å². The van der Waals surface area contributed by atoms with E-state index in [2.05, 4.69) is 27.1 Å². The van der Waals surface area contributed by atoms with Gasteiger partial charge in [-0.15, -0.1) is 0 Å². The molecular formula is C14H20Cl3InN3NaO2. The van der Waals surface area contributed by atoms with E-state index in [0.29, 0.717) is 0 Å². The van der Waals surface area contributed by atoms with Crippen LogP contribution < -0.4 is 29.6 Å².